The summed E-state index contributed by atoms with van der Waals surface area (Å²) in [4.78, 5) is 11.2. The predicted molar refractivity (Wildman–Crippen MR) is 60.6 cm³/mol. The molecule has 0 atom stereocenters. The van der Waals surface area contributed by atoms with Crippen LogP contribution in [0.25, 0.3) is 0 Å². The zero-order valence-corrected chi connectivity index (χ0v) is 8.95. The van der Waals surface area contributed by atoms with Crippen LogP contribution >= 0.6 is 0 Å². The molecule has 0 saturated carbocycles. The topological polar surface area (TPSA) is 53.5 Å². The fourth-order valence-corrected chi connectivity index (χ4v) is 0.980. The molecule has 1 aromatic rings. The fourth-order valence-electron chi connectivity index (χ4n) is 0.980. The molecule has 0 aromatic heterocycles. The Morgan fingerprint density at radius 3 is 2.53 bits per heavy atom. The van der Waals surface area contributed by atoms with Crippen LogP contribution in [0.5, 0.6) is 0 Å². The van der Waals surface area contributed by atoms with E-state index in [2.05, 4.69) is 15.8 Å². The summed E-state index contributed by atoms with van der Waals surface area (Å²) in [6, 6.07) is 9.42. The van der Waals surface area contributed by atoms with E-state index in [1.807, 2.05) is 44.2 Å². The van der Waals surface area contributed by atoms with Gasteiger partial charge in [-0.15, -0.1) is 0 Å². The Balaban J connectivity index is 2.32. The van der Waals surface area contributed by atoms with Gasteiger partial charge in [-0.1, -0.05) is 30.3 Å². The SMILES string of the molecule is CC(C)=NNC(=O)NCc1ccccc1. The van der Waals surface area contributed by atoms with Crippen LogP contribution in [0.1, 0.15) is 19.4 Å². The summed E-state index contributed by atoms with van der Waals surface area (Å²) in [6.07, 6.45) is 0. The second kappa shape index (κ2) is 5.80. The Morgan fingerprint density at radius 1 is 1.27 bits per heavy atom. The molecule has 0 spiro atoms. The minimum Gasteiger partial charge on any atom is -0.333 e. The number of hydrazone groups is 1. The van der Waals surface area contributed by atoms with Crippen LogP contribution in [0.4, 0.5) is 4.79 Å². The van der Waals surface area contributed by atoms with E-state index < -0.39 is 0 Å². The van der Waals surface area contributed by atoms with E-state index in [9.17, 15) is 4.79 Å². The first-order valence-corrected chi connectivity index (χ1v) is 4.77. The number of hydrogen-bond acceptors (Lipinski definition) is 2. The summed E-state index contributed by atoms with van der Waals surface area (Å²) in [5.41, 5.74) is 4.26. The van der Waals surface area contributed by atoms with Gasteiger partial charge < -0.3 is 5.32 Å². The maximum Gasteiger partial charge on any atom is 0.335 e. The van der Waals surface area contributed by atoms with E-state index in [1.165, 1.54) is 0 Å². The molecule has 0 aliphatic rings. The van der Waals surface area contributed by atoms with Crippen LogP contribution < -0.4 is 10.7 Å². The standard InChI is InChI=1S/C11H15N3O/c1-9(2)13-14-11(15)12-8-10-6-4-3-5-7-10/h3-7H,8H2,1-2H3,(H2,12,14,15). The van der Waals surface area contributed by atoms with Gasteiger partial charge in [-0.25, -0.2) is 10.2 Å². The number of carbonyl (C=O) groups is 1. The largest absolute Gasteiger partial charge is 0.335 e. The highest BCUT2D eigenvalue weighted by molar-refractivity contribution is 5.81. The molecule has 0 saturated heterocycles. The van der Waals surface area contributed by atoms with E-state index in [4.69, 9.17) is 0 Å². The molecule has 0 radical (unpaired) electrons. The lowest BCUT2D eigenvalue weighted by Crippen LogP contribution is -2.32. The van der Waals surface area contributed by atoms with Gasteiger partial charge in [0.2, 0.25) is 0 Å². The van der Waals surface area contributed by atoms with Crippen molar-refractivity contribution in [2.24, 2.45) is 5.10 Å². The van der Waals surface area contributed by atoms with Crippen molar-refractivity contribution < 1.29 is 4.79 Å². The van der Waals surface area contributed by atoms with Crippen molar-refractivity contribution in [2.45, 2.75) is 20.4 Å². The first kappa shape index (κ1) is 11.2. The molecule has 1 aromatic carbocycles. The maximum atomic E-state index is 11.2. The number of hydrogen-bond donors (Lipinski definition) is 2. The summed E-state index contributed by atoms with van der Waals surface area (Å²) in [6.45, 7) is 4.14. The third-order valence-corrected chi connectivity index (χ3v) is 1.68. The van der Waals surface area contributed by atoms with Crippen molar-refractivity contribution in [1.82, 2.24) is 10.7 Å². The average molecular weight is 205 g/mol. The molecule has 0 fully saturated rings. The third kappa shape index (κ3) is 4.81. The van der Waals surface area contributed by atoms with Crippen LogP contribution in [0.2, 0.25) is 0 Å². The summed E-state index contributed by atoms with van der Waals surface area (Å²) in [5.74, 6) is 0. The Morgan fingerprint density at radius 2 is 1.93 bits per heavy atom. The molecule has 1 rings (SSSR count). The molecule has 0 aliphatic heterocycles. The summed E-state index contributed by atoms with van der Waals surface area (Å²) < 4.78 is 0. The van der Waals surface area contributed by atoms with Crippen LogP contribution in [-0.4, -0.2) is 11.7 Å². The van der Waals surface area contributed by atoms with Gasteiger partial charge in [0.1, 0.15) is 0 Å². The van der Waals surface area contributed by atoms with Gasteiger partial charge in [0, 0.05) is 12.3 Å². The maximum absolute atomic E-state index is 11.2. The van der Waals surface area contributed by atoms with Crippen molar-refractivity contribution in [3.05, 3.63) is 35.9 Å². The molecular weight excluding hydrogens is 190 g/mol. The van der Waals surface area contributed by atoms with E-state index in [0.29, 0.717) is 6.54 Å². The lowest BCUT2D eigenvalue weighted by molar-refractivity contribution is 0.241. The Kier molecular flexibility index (Phi) is 4.34. The van der Waals surface area contributed by atoms with Gasteiger partial charge in [-0.05, 0) is 19.4 Å². The van der Waals surface area contributed by atoms with Crippen LogP contribution in [0.3, 0.4) is 0 Å². The minimum atomic E-state index is -0.292. The lowest BCUT2D eigenvalue weighted by atomic mass is 10.2. The van der Waals surface area contributed by atoms with Gasteiger partial charge in [0.25, 0.3) is 0 Å². The first-order valence-electron chi connectivity index (χ1n) is 4.77. The highest BCUT2D eigenvalue weighted by Gasteiger charge is 1.97. The molecule has 0 unspecified atom stereocenters. The zero-order chi connectivity index (χ0) is 11.1. The van der Waals surface area contributed by atoms with Gasteiger partial charge in [-0.2, -0.15) is 5.10 Å². The molecule has 0 aliphatic carbocycles. The molecule has 0 bridgehead atoms. The zero-order valence-electron chi connectivity index (χ0n) is 8.95. The van der Waals surface area contributed by atoms with Crippen LogP contribution in [0.15, 0.2) is 35.4 Å². The van der Waals surface area contributed by atoms with E-state index in [0.717, 1.165) is 11.3 Å². The summed E-state index contributed by atoms with van der Waals surface area (Å²) in [5, 5.41) is 6.49. The first-order chi connectivity index (χ1) is 7.18. The van der Waals surface area contributed by atoms with Gasteiger partial charge in [-0.3, -0.25) is 0 Å². The van der Waals surface area contributed by atoms with Gasteiger partial charge in [0.15, 0.2) is 0 Å². The highest BCUT2D eigenvalue weighted by Crippen LogP contribution is 1.96. The smallest absolute Gasteiger partial charge is 0.333 e. The second-order valence-electron chi connectivity index (χ2n) is 3.34. The number of amides is 2. The Labute approximate surface area is 89.4 Å². The monoisotopic (exact) mass is 205 g/mol. The number of nitrogens with zero attached hydrogens (tertiary/aromatic N) is 1. The molecule has 0 heterocycles. The fraction of sp³-hybridized carbons (Fsp3) is 0.273. The van der Waals surface area contributed by atoms with Crippen LogP contribution in [-0.2, 0) is 6.54 Å². The number of benzene rings is 1. The Bertz CT molecular complexity index is 342. The normalized spacial score (nSPS) is 9.20. The number of rotatable bonds is 3. The summed E-state index contributed by atoms with van der Waals surface area (Å²) in [7, 11) is 0. The van der Waals surface area contributed by atoms with Crippen molar-refractivity contribution in [1.29, 1.82) is 0 Å². The number of urea groups is 1. The molecule has 80 valence electrons. The molecule has 2 N–H and O–H groups in total. The number of carbonyl (C=O) groups excluding carboxylic acids is 1. The predicted octanol–water partition coefficient (Wildman–Crippen LogP) is 1.88. The van der Waals surface area contributed by atoms with E-state index in [1.54, 1.807) is 0 Å². The molecule has 15 heavy (non-hydrogen) atoms. The Hall–Kier alpha value is -1.84. The van der Waals surface area contributed by atoms with Crippen molar-refractivity contribution in [3.8, 4) is 0 Å². The van der Waals surface area contributed by atoms with Gasteiger partial charge >= 0.3 is 6.03 Å². The minimum absolute atomic E-state index is 0.292. The highest BCUT2D eigenvalue weighted by atomic mass is 16.2. The van der Waals surface area contributed by atoms with Crippen molar-refractivity contribution in [3.63, 3.8) is 0 Å². The van der Waals surface area contributed by atoms with E-state index in [-0.39, 0.29) is 6.03 Å². The average Bonchev–Trinajstić information content (AvgIpc) is 2.25. The van der Waals surface area contributed by atoms with Gasteiger partial charge in [0.05, 0.1) is 0 Å². The summed E-state index contributed by atoms with van der Waals surface area (Å²) >= 11 is 0. The molecule has 4 heteroatoms. The second-order valence-corrected chi connectivity index (χ2v) is 3.34. The molecule has 2 amide bonds. The lowest BCUT2D eigenvalue weighted by Gasteiger charge is -2.04. The molecule has 4 nitrogen and oxygen atoms in total. The number of nitrogens with one attached hydrogen (secondary N) is 2. The van der Waals surface area contributed by atoms with E-state index >= 15 is 0 Å². The third-order valence-electron chi connectivity index (χ3n) is 1.68. The quantitative estimate of drug-likeness (QED) is 0.574. The van der Waals surface area contributed by atoms with Crippen LogP contribution in [0, 0.1) is 0 Å². The van der Waals surface area contributed by atoms with Crippen molar-refractivity contribution in [2.75, 3.05) is 0 Å². The van der Waals surface area contributed by atoms with Crippen molar-refractivity contribution >= 4 is 11.7 Å². The molecular formula is C11H15N3O.